The normalized spacial score (nSPS) is 11.0. The second kappa shape index (κ2) is 5.73. The highest BCUT2D eigenvalue weighted by Crippen LogP contribution is 2.07. The number of hydrogen-bond acceptors (Lipinski definition) is 4. The SMILES string of the molecule is CN(C)C(=O)c1cc(CNC(=O)OC(C)(C)C)[nH]n1. The summed E-state index contributed by atoms with van der Waals surface area (Å²) in [6, 6.07) is 1.60. The maximum atomic E-state index is 11.6. The lowest BCUT2D eigenvalue weighted by Gasteiger charge is -2.19. The molecule has 0 atom stereocenters. The Labute approximate surface area is 112 Å². The average Bonchev–Trinajstić information content (AvgIpc) is 2.71. The van der Waals surface area contributed by atoms with E-state index in [9.17, 15) is 9.59 Å². The molecule has 0 fully saturated rings. The van der Waals surface area contributed by atoms with Gasteiger partial charge in [-0.3, -0.25) is 9.89 Å². The van der Waals surface area contributed by atoms with Crippen molar-refractivity contribution in [2.45, 2.75) is 32.9 Å². The van der Waals surface area contributed by atoms with Crippen LogP contribution in [0.3, 0.4) is 0 Å². The summed E-state index contributed by atoms with van der Waals surface area (Å²) in [5.41, 5.74) is 0.409. The van der Waals surface area contributed by atoms with Gasteiger partial charge in [-0.15, -0.1) is 0 Å². The first-order valence-electron chi connectivity index (χ1n) is 5.92. The van der Waals surface area contributed by atoms with E-state index in [0.717, 1.165) is 0 Å². The number of hydrogen-bond donors (Lipinski definition) is 2. The lowest BCUT2D eigenvalue weighted by Crippen LogP contribution is -2.32. The molecule has 0 aromatic carbocycles. The van der Waals surface area contributed by atoms with E-state index < -0.39 is 11.7 Å². The Kier molecular flexibility index (Phi) is 4.52. The molecule has 2 amide bonds. The highest BCUT2D eigenvalue weighted by Gasteiger charge is 2.16. The molecule has 1 rings (SSSR count). The van der Waals surface area contributed by atoms with Crippen molar-refractivity contribution >= 4 is 12.0 Å². The van der Waals surface area contributed by atoms with Crippen molar-refractivity contribution in [3.63, 3.8) is 0 Å². The van der Waals surface area contributed by atoms with Crippen LogP contribution in [0.5, 0.6) is 0 Å². The molecule has 0 aliphatic carbocycles. The third kappa shape index (κ3) is 4.99. The molecule has 0 spiro atoms. The summed E-state index contributed by atoms with van der Waals surface area (Å²) in [6.45, 7) is 5.59. The van der Waals surface area contributed by atoms with Crippen LogP contribution in [0, 0.1) is 0 Å². The topological polar surface area (TPSA) is 87.3 Å². The molecule has 7 heteroatoms. The maximum Gasteiger partial charge on any atom is 0.407 e. The molecule has 19 heavy (non-hydrogen) atoms. The number of rotatable bonds is 3. The Hall–Kier alpha value is -2.05. The fraction of sp³-hybridized carbons (Fsp3) is 0.583. The number of aromatic amines is 1. The van der Waals surface area contributed by atoms with Crippen molar-refractivity contribution < 1.29 is 14.3 Å². The number of H-pyrrole nitrogens is 1. The number of amides is 2. The van der Waals surface area contributed by atoms with E-state index in [-0.39, 0.29) is 12.5 Å². The van der Waals surface area contributed by atoms with Crippen molar-refractivity contribution in [3.8, 4) is 0 Å². The van der Waals surface area contributed by atoms with E-state index in [4.69, 9.17) is 4.74 Å². The van der Waals surface area contributed by atoms with Crippen molar-refractivity contribution in [3.05, 3.63) is 17.5 Å². The largest absolute Gasteiger partial charge is 0.444 e. The molecule has 0 radical (unpaired) electrons. The molecular formula is C12H20N4O3. The van der Waals surface area contributed by atoms with Gasteiger partial charge in [0.05, 0.1) is 12.2 Å². The van der Waals surface area contributed by atoms with Gasteiger partial charge in [0.25, 0.3) is 5.91 Å². The summed E-state index contributed by atoms with van der Waals surface area (Å²) in [5.74, 6) is -0.195. The molecule has 1 aromatic rings. The Balaban J connectivity index is 2.51. The average molecular weight is 268 g/mol. The van der Waals surface area contributed by atoms with Crippen molar-refractivity contribution in [2.75, 3.05) is 14.1 Å². The van der Waals surface area contributed by atoms with Gasteiger partial charge in [0.2, 0.25) is 0 Å². The van der Waals surface area contributed by atoms with Crippen molar-refractivity contribution in [2.24, 2.45) is 0 Å². The molecule has 106 valence electrons. The van der Waals surface area contributed by atoms with Crippen molar-refractivity contribution in [1.82, 2.24) is 20.4 Å². The number of nitrogens with zero attached hydrogens (tertiary/aromatic N) is 2. The Morgan fingerprint density at radius 2 is 2.05 bits per heavy atom. The lowest BCUT2D eigenvalue weighted by molar-refractivity contribution is 0.0522. The molecule has 2 N–H and O–H groups in total. The van der Waals surface area contributed by atoms with Crippen LogP contribution >= 0.6 is 0 Å². The standard InChI is InChI=1S/C12H20N4O3/c1-12(2,3)19-11(18)13-7-8-6-9(15-14-8)10(17)16(4)5/h6H,7H2,1-5H3,(H,13,18)(H,14,15). The van der Waals surface area contributed by atoms with E-state index in [1.54, 1.807) is 40.9 Å². The Bertz CT molecular complexity index is 460. The van der Waals surface area contributed by atoms with Crippen LogP contribution in [0.25, 0.3) is 0 Å². The number of nitrogens with one attached hydrogen (secondary N) is 2. The predicted octanol–water partition coefficient (Wildman–Crippen LogP) is 1.14. The van der Waals surface area contributed by atoms with E-state index in [2.05, 4.69) is 15.5 Å². The zero-order chi connectivity index (χ0) is 14.6. The number of carbonyl (C=O) groups is 2. The smallest absolute Gasteiger partial charge is 0.407 e. The first-order valence-corrected chi connectivity index (χ1v) is 5.92. The highest BCUT2D eigenvalue weighted by atomic mass is 16.6. The van der Waals surface area contributed by atoms with Crippen LogP contribution in [0.15, 0.2) is 6.07 Å². The number of alkyl carbamates (subject to hydrolysis) is 1. The van der Waals surface area contributed by atoms with Crippen LogP contribution in [0.2, 0.25) is 0 Å². The Morgan fingerprint density at radius 1 is 1.42 bits per heavy atom. The van der Waals surface area contributed by atoms with Gasteiger partial charge in [0.15, 0.2) is 0 Å². The molecule has 7 nitrogen and oxygen atoms in total. The first-order chi connectivity index (χ1) is 8.69. The summed E-state index contributed by atoms with van der Waals surface area (Å²) in [7, 11) is 3.30. The summed E-state index contributed by atoms with van der Waals surface area (Å²) in [6.07, 6.45) is -0.511. The quantitative estimate of drug-likeness (QED) is 0.860. The van der Waals surface area contributed by atoms with Gasteiger partial charge in [0, 0.05) is 14.1 Å². The summed E-state index contributed by atoms with van der Waals surface area (Å²) < 4.78 is 5.09. The molecule has 0 aliphatic rings. The van der Waals surface area contributed by atoms with Gasteiger partial charge < -0.3 is 15.0 Å². The number of aromatic nitrogens is 2. The monoisotopic (exact) mass is 268 g/mol. The molecule has 0 saturated heterocycles. The Morgan fingerprint density at radius 3 is 2.58 bits per heavy atom. The lowest BCUT2D eigenvalue weighted by atomic mass is 10.2. The van der Waals surface area contributed by atoms with Crippen LogP contribution in [0.1, 0.15) is 37.0 Å². The van der Waals surface area contributed by atoms with Gasteiger partial charge in [-0.25, -0.2) is 4.79 Å². The van der Waals surface area contributed by atoms with Crippen LogP contribution < -0.4 is 5.32 Å². The summed E-state index contributed by atoms with van der Waals surface area (Å²) in [4.78, 5) is 24.5. The first kappa shape index (κ1) is 15.0. The van der Waals surface area contributed by atoms with Gasteiger partial charge >= 0.3 is 6.09 Å². The van der Waals surface area contributed by atoms with E-state index in [0.29, 0.717) is 11.4 Å². The van der Waals surface area contributed by atoms with E-state index in [1.165, 1.54) is 4.90 Å². The van der Waals surface area contributed by atoms with Gasteiger partial charge in [-0.2, -0.15) is 5.10 Å². The molecular weight excluding hydrogens is 248 g/mol. The molecule has 0 bridgehead atoms. The zero-order valence-electron chi connectivity index (χ0n) is 11.9. The third-order valence-electron chi connectivity index (χ3n) is 2.08. The minimum atomic E-state index is -0.538. The fourth-order valence-corrected chi connectivity index (χ4v) is 1.27. The fourth-order valence-electron chi connectivity index (χ4n) is 1.27. The van der Waals surface area contributed by atoms with Crippen LogP contribution in [0.4, 0.5) is 4.79 Å². The van der Waals surface area contributed by atoms with Gasteiger partial charge in [0.1, 0.15) is 11.3 Å². The zero-order valence-corrected chi connectivity index (χ0v) is 11.9. The van der Waals surface area contributed by atoms with Gasteiger partial charge in [-0.1, -0.05) is 0 Å². The second-order valence-electron chi connectivity index (χ2n) is 5.33. The van der Waals surface area contributed by atoms with Crippen LogP contribution in [-0.2, 0) is 11.3 Å². The second-order valence-corrected chi connectivity index (χ2v) is 5.33. The molecule has 0 unspecified atom stereocenters. The summed E-state index contributed by atoms with van der Waals surface area (Å²) >= 11 is 0. The maximum absolute atomic E-state index is 11.6. The molecule has 0 saturated carbocycles. The minimum absolute atomic E-state index is 0.195. The molecule has 0 aliphatic heterocycles. The molecule has 1 heterocycles. The minimum Gasteiger partial charge on any atom is -0.444 e. The highest BCUT2D eigenvalue weighted by molar-refractivity contribution is 5.91. The summed E-state index contributed by atoms with van der Waals surface area (Å²) in [5, 5.41) is 9.15. The van der Waals surface area contributed by atoms with E-state index in [1.807, 2.05) is 0 Å². The van der Waals surface area contributed by atoms with Gasteiger partial charge in [-0.05, 0) is 26.8 Å². The van der Waals surface area contributed by atoms with E-state index >= 15 is 0 Å². The number of ether oxygens (including phenoxy) is 1. The van der Waals surface area contributed by atoms with Crippen molar-refractivity contribution in [1.29, 1.82) is 0 Å². The number of carbonyl (C=O) groups excluding carboxylic acids is 2. The molecule has 1 aromatic heterocycles. The van der Waals surface area contributed by atoms with Crippen LogP contribution in [-0.4, -0.2) is 46.8 Å². The predicted molar refractivity (Wildman–Crippen MR) is 69.7 cm³/mol. The third-order valence-corrected chi connectivity index (χ3v) is 2.08.